The summed E-state index contributed by atoms with van der Waals surface area (Å²) < 4.78 is 4.14. The van der Waals surface area contributed by atoms with Crippen molar-refractivity contribution in [3.8, 4) is 0 Å². The number of ether oxygens (including phenoxy) is 1. The topological polar surface area (TPSA) is 26.3 Å². The molecule has 1 aromatic carbocycles. The Kier molecular flexibility index (Phi) is 15.7. The third-order valence-electron chi connectivity index (χ3n) is 1.20. The molecule has 0 unspecified atom stereocenters. The molecule has 0 aliphatic carbocycles. The molecule has 86 valence electrons. The van der Waals surface area contributed by atoms with Gasteiger partial charge in [-0.25, -0.2) is 4.79 Å². The molecular weight excluding hydrogens is 200 g/mol. The van der Waals surface area contributed by atoms with Gasteiger partial charge < -0.3 is 4.74 Å². The van der Waals surface area contributed by atoms with Crippen molar-refractivity contribution < 1.29 is 9.53 Å². The number of methoxy groups -OCH3 is 1. The first-order chi connectivity index (χ1) is 7.72. The minimum atomic E-state index is -0.394. The van der Waals surface area contributed by atoms with Crippen molar-refractivity contribution in [2.24, 2.45) is 0 Å². The van der Waals surface area contributed by atoms with Gasteiger partial charge in [0.05, 0.1) is 7.11 Å². The van der Waals surface area contributed by atoms with Crippen molar-refractivity contribution in [2.75, 3.05) is 7.11 Å². The summed E-state index contributed by atoms with van der Waals surface area (Å²) in [6.07, 6.45) is 4.39. The average molecular weight is 218 g/mol. The van der Waals surface area contributed by atoms with Gasteiger partial charge in [-0.2, -0.15) is 0 Å². The first-order valence-corrected chi connectivity index (χ1v) is 4.66. The minimum absolute atomic E-state index is 0.394. The van der Waals surface area contributed by atoms with Crippen LogP contribution in [0.5, 0.6) is 0 Å². The summed E-state index contributed by atoms with van der Waals surface area (Å²) in [4.78, 5) is 9.84. The highest BCUT2D eigenvalue weighted by Crippen LogP contribution is 1.79. The molecule has 16 heavy (non-hydrogen) atoms. The number of rotatable bonds is 2. The van der Waals surface area contributed by atoms with Crippen LogP contribution >= 0.6 is 0 Å². The molecule has 0 spiro atoms. The molecule has 0 aliphatic heterocycles. The van der Waals surface area contributed by atoms with Gasteiger partial charge in [-0.1, -0.05) is 68.3 Å². The van der Waals surface area contributed by atoms with Crippen LogP contribution < -0.4 is 0 Å². The molecule has 2 heteroatoms. The Morgan fingerprint density at radius 2 is 1.25 bits per heavy atom. The molecule has 0 heterocycles. The summed E-state index contributed by atoms with van der Waals surface area (Å²) in [5.74, 6) is -0.394. The largest absolute Gasteiger partial charge is 0.466 e. The Morgan fingerprint density at radius 1 is 0.938 bits per heavy atom. The maximum Gasteiger partial charge on any atom is 0.329 e. The van der Waals surface area contributed by atoms with E-state index in [2.05, 4.69) is 24.5 Å². The number of benzene rings is 1. The van der Waals surface area contributed by atoms with Crippen LogP contribution in [0.1, 0.15) is 0 Å². The lowest BCUT2D eigenvalue weighted by atomic mass is 10.4. The summed E-state index contributed by atoms with van der Waals surface area (Å²) in [6, 6.07) is 12.0. The van der Waals surface area contributed by atoms with Gasteiger partial charge in [-0.15, -0.1) is 0 Å². The summed E-state index contributed by atoms with van der Waals surface area (Å²) >= 11 is 0. The third kappa shape index (κ3) is 17.9. The molecule has 0 N–H and O–H groups in total. The second kappa shape index (κ2) is 15.4. The fourth-order valence-electron chi connectivity index (χ4n) is 0.468. The molecule has 0 aromatic heterocycles. The Balaban J connectivity index is 0. The van der Waals surface area contributed by atoms with Crippen molar-refractivity contribution >= 4 is 5.97 Å². The van der Waals surface area contributed by atoms with Gasteiger partial charge in [0.1, 0.15) is 0 Å². The van der Waals surface area contributed by atoms with E-state index >= 15 is 0 Å². The van der Waals surface area contributed by atoms with E-state index in [-0.39, 0.29) is 0 Å². The van der Waals surface area contributed by atoms with E-state index < -0.39 is 5.97 Å². The second-order valence-corrected chi connectivity index (χ2v) is 2.35. The SMILES string of the molecule is C=CC(=O)OC.C=CC=C.c1ccccc1. The molecule has 0 atom stereocenters. The molecule has 0 saturated heterocycles. The van der Waals surface area contributed by atoms with E-state index in [1.807, 2.05) is 36.4 Å². The van der Waals surface area contributed by atoms with Gasteiger partial charge >= 0.3 is 5.97 Å². The number of hydrogen-bond donors (Lipinski definition) is 0. The Labute approximate surface area is 97.6 Å². The normalized spacial score (nSPS) is 6.81. The van der Waals surface area contributed by atoms with Crippen LogP contribution in [-0.2, 0) is 9.53 Å². The minimum Gasteiger partial charge on any atom is -0.466 e. The maximum absolute atomic E-state index is 9.84. The van der Waals surface area contributed by atoms with Crippen LogP contribution in [0.15, 0.2) is 74.4 Å². The predicted octanol–water partition coefficient (Wildman–Crippen LogP) is 3.39. The van der Waals surface area contributed by atoms with Gasteiger partial charge in [0, 0.05) is 6.08 Å². The first-order valence-electron chi connectivity index (χ1n) is 4.66. The number of esters is 1. The highest BCUT2D eigenvalue weighted by atomic mass is 16.5. The van der Waals surface area contributed by atoms with Crippen molar-refractivity contribution in [2.45, 2.75) is 0 Å². The van der Waals surface area contributed by atoms with Crippen LogP contribution in [0.4, 0.5) is 0 Å². The lowest BCUT2D eigenvalue weighted by Crippen LogP contribution is -1.91. The van der Waals surface area contributed by atoms with Crippen molar-refractivity contribution in [3.05, 3.63) is 74.4 Å². The van der Waals surface area contributed by atoms with E-state index in [1.54, 1.807) is 12.2 Å². The first kappa shape index (κ1) is 16.3. The number of hydrogen-bond acceptors (Lipinski definition) is 2. The lowest BCUT2D eigenvalue weighted by molar-refractivity contribution is -0.134. The predicted molar refractivity (Wildman–Crippen MR) is 69.0 cm³/mol. The van der Waals surface area contributed by atoms with Gasteiger partial charge in [0.2, 0.25) is 0 Å². The molecule has 2 nitrogen and oxygen atoms in total. The van der Waals surface area contributed by atoms with E-state index in [9.17, 15) is 4.79 Å². The monoisotopic (exact) mass is 218 g/mol. The molecule has 1 rings (SSSR count). The fraction of sp³-hybridized carbons (Fsp3) is 0.0714. The number of carbonyl (C=O) groups excluding carboxylic acids is 1. The van der Waals surface area contributed by atoms with Gasteiger partial charge in [-0.05, 0) is 0 Å². The maximum atomic E-state index is 9.84. The summed E-state index contributed by atoms with van der Waals surface area (Å²) in [5, 5.41) is 0. The quantitative estimate of drug-likeness (QED) is 0.432. The third-order valence-corrected chi connectivity index (χ3v) is 1.20. The standard InChI is InChI=1S/C6H6.C4H6O2.C4H6/c1-2-4-6-5-3-1;1-3-4(5)6-2;1-3-4-2/h1-6H;3H,1H2,2H3;3-4H,1-2H2. The van der Waals surface area contributed by atoms with Crippen LogP contribution in [0, 0.1) is 0 Å². The second-order valence-electron chi connectivity index (χ2n) is 2.35. The van der Waals surface area contributed by atoms with E-state index in [4.69, 9.17) is 0 Å². The Bertz CT molecular complexity index is 256. The highest BCUT2D eigenvalue weighted by molar-refractivity contribution is 5.80. The molecule has 0 fully saturated rings. The average Bonchev–Trinajstić information content (AvgIpc) is 2.40. The summed E-state index contributed by atoms with van der Waals surface area (Å²) in [6.45, 7) is 9.88. The van der Waals surface area contributed by atoms with E-state index in [0.29, 0.717) is 0 Å². The number of carbonyl (C=O) groups is 1. The van der Waals surface area contributed by atoms with Crippen molar-refractivity contribution in [3.63, 3.8) is 0 Å². The molecule has 0 bridgehead atoms. The Hall–Kier alpha value is -2.09. The lowest BCUT2D eigenvalue weighted by Gasteiger charge is -1.83. The van der Waals surface area contributed by atoms with Crippen molar-refractivity contribution in [1.82, 2.24) is 0 Å². The van der Waals surface area contributed by atoms with Crippen LogP contribution in [0.25, 0.3) is 0 Å². The smallest absolute Gasteiger partial charge is 0.329 e. The van der Waals surface area contributed by atoms with E-state index in [1.165, 1.54) is 7.11 Å². The van der Waals surface area contributed by atoms with Gasteiger partial charge in [0.15, 0.2) is 0 Å². The molecule has 0 radical (unpaired) electrons. The molecular formula is C14H18O2. The van der Waals surface area contributed by atoms with Gasteiger partial charge in [-0.3, -0.25) is 0 Å². The van der Waals surface area contributed by atoms with Crippen LogP contribution in [0.3, 0.4) is 0 Å². The summed E-state index contributed by atoms with van der Waals surface area (Å²) in [7, 11) is 1.31. The summed E-state index contributed by atoms with van der Waals surface area (Å²) in [5.41, 5.74) is 0. The molecule has 0 amide bonds. The zero-order valence-corrected chi connectivity index (χ0v) is 9.63. The molecule has 0 saturated carbocycles. The van der Waals surface area contributed by atoms with Crippen molar-refractivity contribution in [1.29, 1.82) is 0 Å². The van der Waals surface area contributed by atoms with Gasteiger partial charge in [0.25, 0.3) is 0 Å². The van der Waals surface area contributed by atoms with Crippen LogP contribution in [0.2, 0.25) is 0 Å². The zero-order chi connectivity index (χ0) is 12.6. The number of allylic oxidation sites excluding steroid dienone is 2. The zero-order valence-electron chi connectivity index (χ0n) is 9.63. The van der Waals surface area contributed by atoms with Crippen LogP contribution in [-0.4, -0.2) is 13.1 Å². The fourth-order valence-corrected chi connectivity index (χ4v) is 0.468. The highest BCUT2D eigenvalue weighted by Gasteiger charge is 1.81. The van der Waals surface area contributed by atoms with E-state index in [0.717, 1.165) is 6.08 Å². The molecule has 0 aliphatic rings. The Morgan fingerprint density at radius 3 is 1.31 bits per heavy atom. The molecule has 1 aromatic rings.